The van der Waals surface area contributed by atoms with E-state index in [1.165, 1.54) is 44.2 Å². The molecule has 6 aromatic rings. The number of benzene rings is 6. The van der Waals surface area contributed by atoms with Crippen LogP contribution in [0.1, 0.15) is 28.3 Å². The van der Waals surface area contributed by atoms with Gasteiger partial charge in [0, 0.05) is 18.8 Å². The lowest BCUT2D eigenvalue weighted by molar-refractivity contribution is 0.607. The lowest BCUT2D eigenvalue weighted by Gasteiger charge is -2.22. The molecule has 5 N–H and O–H groups in total. The average Bonchev–Trinajstić information content (AvgIpc) is 3.02. The molecule has 0 amide bonds. The van der Waals surface area contributed by atoms with Crippen LogP contribution in [0.4, 0.5) is 5.69 Å². The Hall–Kier alpha value is -4.70. The zero-order chi connectivity index (χ0) is 27.3. The first-order valence-corrected chi connectivity index (χ1v) is 13.7. The fraction of sp³-hybridized carbons (Fsp3) is 0.0811. The van der Waals surface area contributed by atoms with Crippen molar-refractivity contribution in [3.8, 4) is 22.3 Å². The number of nitrogens with two attached hydrogens (primary N) is 2. The number of rotatable bonds is 8. The van der Waals surface area contributed by atoms with Crippen LogP contribution < -0.4 is 16.8 Å². The van der Waals surface area contributed by atoms with E-state index in [0.717, 1.165) is 16.8 Å². The largest absolute Gasteiger partial charge is 0.398 e. The van der Waals surface area contributed by atoms with Crippen LogP contribution in [-0.4, -0.2) is 0 Å². The molecule has 40 heavy (non-hydrogen) atoms. The molecule has 0 spiro atoms. The second-order valence-corrected chi connectivity index (χ2v) is 10.2. The number of fused-ring (bicyclic) bond motifs is 1. The van der Waals surface area contributed by atoms with E-state index >= 15 is 0 Å². The molecule has 0 aliphatic rings. The van der Waals surface area contributed by atoms with Gasteiger partial charge < -0.3 is 16.8 Å². The Morgan fingerprint density at radius 1 is 0.525 bits per heavy atom. The molecule has 0 radical (unpaired) electrons. The van der Waals surface area contributed by atoms with Crippen molar-refractivity contribution in [3.05, 3.63) is 162 Å². The van der Waals surface area contributed by atoms with E-state index in [4.69, 9.17) is 11.5 Å². The van der Waals surface area contributed by atoms with Gasteiger partial charge in [-0.2, -0.15) is 0 Å². The molecule has 0 aliphatic heterocycles. The van der Waals surface area contributed by atoms with Crippen molar-refractivity contribution in [1.29, 1.82) is 0 Å². The van der Waals surface area contributed by atoms with Gasteiger partial charge in [0.05, 0.1) is 6.04 Å². The van der Waals surface area contributed by atoms with Gasteiger partial charge in [0.1, 0.15) is 0 Å². The van der Waals surface area contributed by atoms with Crippen LogP contribution in [0.5, 0.6) is 0 Å². The van der Waals surface area contributed by atoms with Gasteiger partial charge in [-0.05, 0) is 79.5 Å². The van der Waals surface area contributed by atoms with Crippen LogP contribution in [0.25, 0.3) is 33.0 Å². The van der Waals surface area contributed by atoms with Gasteiger partial charge in [-0.1, -0.05) is 115 Å². The second kappa shape index (κ2) is 11.6. The third-order valence-corrected chi connectivity index (χ3v) is 7.57. The molecule has 3 nitrogen and oxygen atoms in total. The molecule has 0 aromatic heterocycles. The molecule has 6 aromatic carbocycles. The smallest absolute Gasteiger partial charge is 0.0599 e. The first kappa shape index (κ1) is 25.6. The first-order valence-electron chi connectivity index (χ1n) is 13.7. The standard InChI is InChI=1S/C37H33N3/c38-24-26-7-5-11-31(21-26)32-12-6-8-27(22-32)25-40-37(35-13-3-4-14-36(35)39)30-18-15-29(16-19-30)34-20-17-28-9-1-2-10-33(28)23-34/h1-23,37,40H,24-25,38-39H2. The summed E-state index contributed by atoms with van der Waals surface area (Å²) < 4.78 is 0. The van der Waals surface area contributed by atoms with Crippen molar-refractivity contribution in [1.82, 2.24) is 5.32 Å². The predicted molar refractivity (Wildman–Crippen MR) is 169 cm³/mol. The lowest BCUT2D eigenvalue weighted by Crippen LogP contribution is -2.23. The second-order valence-electron chi connectivity index (χ2n) is 10.2. The van der Waals surface area contributed by atoms with Gasteiger partial charge in [-0.25, -0.2) is 0 Å². The summed E-state index contributed by atoms with van der Waals surface area (Å²) in [7, 11) is 0. The molecule has 196 valence electrons. The summed E-state index contributed by atoms with van der Waals surface area (Å²) >= 11 is 0. The summed E-state index contributed by atoms with van der Waals surface area (Å²) in [4.78, 5) is 0. The van der Waals surface area contributed by atoms with Gasteiger partial charge in [0.2, 0.25) is 0 Å². The number of para-hydroxylation sites is 1. The molecule has 0 heterocycles. The van der Waals surface area contributed by atoms with Crippen LogP contribution >= 0.6 is 0 Å². The summed E-state index contributed by atoms with van der Waals surface area (Å²) in [5, 5.41) is 6.29. The number of hydrogen-bond acceptors (Lipinski definition) is 3. The number of hydrogen-bond donors (Lipinski definition) is 3. The van der Waals surface area contributed by atoms with Gasteiger partial charge in [0.25, 0.3) is 0 Å². The summed E-state index contributed by atoms with van der Waals surface area (Å²) in [6, 6.07) is 49.1. The maximum atomic E-state index is 6.48. The molecule has 3 heteroatoms. The normalized spacial score (nSPS) is 11.9. The summed E-state index contributed by atoms with van der Waals surface area (Å²) in [6.45, 7) is 1.24. The number of anilines is 1. The monoisotopic (exact) mass is 519 g/mol. The van der Waals surface area contributed by atoms with Gasteiger partial charge >= 0.3 is 0 Å². The predicted octanol–water partition coefficient (Wildman–Crippen LogP) is 8.09. The summed E-state index contributed by atoms with van der Waals surface area (Å²) in [5.74, 6) is 0. The molecule has 0 aliphatic carbocycles. The van der Waals surface area contributed by atoms with E-state index in [-0.39, 0.29) is 6.04 Å². The van der Waals surface area contributed by atoms with Gasteiger partial charge in [-0.3, -0.25) is 0 Å². The van der Waals surface area contributed by atoms with Crippen LogP contribution in [0.15, 0.2) is 140 Å². The van der Waals surface area contributed by atoms with Crippen molar-refractivity contribution in [2.24, 2.45) is 5.73 Å². The van der Waals surface area contributed by atoms with Crippen molar-refractivity contribution in [2.45, 2.75) is 19.1 Å². The van der Waals surface area contributed by atoms with Crippen molar-refractivity contribution < 1.29 is 0 Å². The van der Waals surface area contributed by atoms with Gasteiger partial charge in [-0.15, -0.1) is 0 Å². The highest BCUT2D eigenvalue weighted by Gasteiger charge is 2.17. The summed E-state index contributed by atoms with van der Waals surface area (Å²) in [5.41, 5.74) is 22.5. The quantitative estimate of drug-likeness (QED) is 0.178. The van der Waals surface area contributed by atoms with Crippen molar-refractivity contribution in [3.63, 3.8) is 0 Å². The Kier molecular flexibility index (Phi) is 7.41. The van der Waals surface area contributed by atoms with Crippen LogP contribution in [0, 0.1) is 0 Å². The molecule has 0 saturated heterocycles. The van der Waals surface area contributed by atoms with Crippen LogP contribution in [0.3, 0.4) is 0 Å². The minimum Gasteiger partial charge on any atom is -0.398 e. The van der Waals surface area contributed by atoms with E-state index in [9.17, 15) is 0 Å². The minimum absolute atomic E-state index is 0.0453. The molecule has 0 bridgehead atoms. The zero-order valence-electron chi connectivity index (χ0n) is 22.4. The Morgan fingerprint density at radius 2 is 1.15 bits per heavy atom. The molecule has 1 unspecified atom stereocenters. The molecule has 1 atom stereocenters. The Labute approximate surface area is 236 Å². The molecule has 0 fully saturated rings. The maximum Gasteiger partial charge on any atom is 0.0599 e. The third-order valence-electron chi connectivity index (χ3n) is 7.57. The minimum atomic E-state index is -0.0453. The SMILES string of the molecule is NCc1cccc(-c2cccc(CNC(c3ccc(-c4ccc5ccccc5c4)cc3)c3ccccc3N)c2)c1. The van der Waals surface area contributed by atoms with Crippen LogP contribution in [-0.2, 0) is 13.1 Å². The molecular weight excluding hydrogens is 486 g/mol. The topological polar surface area (TPSA) is 64.1 Å². The first-order chi connectivity index (χ1) is 19.7. The third kappa shape index (κ3) is 5.52. The lowest BCUT2D eigenvalue weighted by atomic mass is 9.94. The van der Waals surface area contributed by atoms with E-state index in [0.29, 0.717) is 13.1 Å². The van der Waals surface area contributed by atoms with E-state index in [1.54, 1.807) is 0 Å². The summed E-state index contributed by atoms with van der Waals surface area (Å²) in [6.07, 6.45) is 0. The van der Waals surface area contributed by atoms with Gasteiger partial charge in [0.15, 0.2) is 0 Å². The maximum absolute atomic E-state index is 6.48. The highest BCUT2D eigenvalue weighted by Crippen LogP contribution is 2.31. The Morgan fingerprint density at radius 3 is 1.90 bits per heavy atom. The fourth-order valence-corrected chi connectivity index (χ4v) is 5.38. The molecule has 6 rings (SSSR count). The number of nitrogens with one attached hydrogen (secondary N) is 1. The molecule has 0 saturated carbocycles. The average molecular weight is 520 g/mol. The fourth-order valence-electron chi connectivity index (χ4n) is 5.38. The Bertz CT molecular complexity index is 1750. The van der Waals surface area contributed by atoms with E-state index < -0.39 is 0 Å². The molecular formula is C37H33N3. The highest BCUT2D eigenvalue weighted by molar-refractivity contribution is 5.87. The van der Waals surface area contributed by atoms with E-state index in [2.05, 4.69) is 133 Å². The van der Waals surface area contributed by atoms with E-state index in [1.807, 2.05) is 12.1 Å². The Balaban J connectivity index is 1.28. The van der Waals surface area contributed by atoms with Crippen molar-refractivity contribution in [2.75, 3.05) is 5.73 Å². The zero-order valence-corrected chi connectivity index (χ0v) is 22.4. The highest BCUT2D eigenvalue weighted by atomic mass is 14.9. The number of nitrogen functional groups attached to an aromatic ring is 1. The van der Waals surface area contributed by atoms with Crippen molar-refractivity contribution >= 4 is 16.5 Å². The van der Waals surface area contributed by atoms with Crippen LogP contribution in [0.2, 0.25) is 0 Å².